The standard InChI is InChI=1S/C7H12O2/c1-6-2-3-7(4-6)9-5-8/h5-7H,2-4H2,1H3. The topological polar surface area (TPSA) is 26.3 Å². The molecule has 2 atom stereocenters. The largest absolute Gasteiger partial charge is 0.465 e. The van der Waals surface area contributed by atoms with Gasteiger partial charge in [-0.2, -0.15) is 0 Å². The lowest BCUT2D eigenvalue weighted by atomic mass is 10.1. The zero-order valence-electron chi connectivity index (χ0n) is 5.67. The Balaban J connectivity index is 2.21. The predicted octanol–water partition coefficient (Wildman–Crippen LogP) is 1.35. The molecule has 0 bridgehead atoms. The molecule has 1 aliphatic carbocycles. The van der Waals surface area contributed by atoms with Crippen molar-refractivity contribution in [1.82, 2.24) is 0 Å². The fraction of sp³-hybridized carbons (Fsp3) is 0.857. The number of hydrogen-bond donors (Lipinski definition) is 0. The highest BCUT2D eigenvalue weighted by atomic mass is 16.5. The Morgan fingerprint density at radius 2 is 2.33 bits per heavy atom. The van der Waals surface area contributed by atoms with Crippen molar-refractivity contribution in [2.24, 2.45) is 5.92 Å². The smallest absolute Gasteiger partial charge is 0.293 e. The maximum atomic E-state index is 9.85. The number of ether oxygens (including phenoxy) is 1. The van der Waals surface area contributed by atoms with Crippen LogP contribution in [0.25, 0.3) is 0 Å². The van der Waals surface area contributed by atoms with Crippen molar-refractivity contribution < 1.29 is 9.53 Å². The van der Waals surface area contributed by atoms with Crippen molar-refractivity contribution in [2.75, 3.05) is 0 Å². The summed E-state index contributed by atoms with van der Waals surface area (Å²) in [4.78, 5) is 9.85. The van der Waals surface area contributed by atoms with Gasteiger partial charge in [0.25, 0.3) is 6.47 Å². The molecule has 2 unspecified atom stereocenters. The second-order valence-electron chi connectivity index (χ2n) is 2.77. The first-order chi connectivity index (χ1) is 4.33. The van der Waals surface area contributed by atoms with Crippen molar-refractivity contribution >= 4 is 6.47 Å². The predicted molar refractivity (Wildman–Crippen MR) is 34.0 cm³/mol. The van der Waals surface area contributed by atoms with Crippen LogP contribution in [0.15, 0.2) is 0 Å². The molecule has 0 radical (unpaired) electrons. The summed E-state index contributed by atoms with van der Waals surface area (Å²) < 4.78 is 4.79. The first-order valence-electron chi connectivity index (χ1n) is 3.42. The van der Waals surface area contributed by atoms with E-state index in [-0.39, 0.29) is 6.10 Å². The van der Waals surface area contributed by atoms with Gasteiger partial charge in [-0.3, -0.25) is 4.79 Å². The molecule has 0 aliphatic heterocycles. The second-order valence-corrected chi connectivity index (χ2v) is 2.77. The monoisotopic (exact) mass is 128 g/mol. The summed E-state index contributed by atoms with van der Waals surface area (Å²) >= 11 is 0. The van der Waals surface area contributed by atoms with Crippen molar-refractivity contribution in [3.05, 3.63) is 0 Å². The van der Waals surface area contributed by atoms with Crippen LogP contribution in [0, 0.1) is 5.92 Å². The molecule has 0 aromatic carbocycles. The zero-order chi connectivity index (χ0) is 6.69. The van der Waals surface area contributed by atoms with Crippen LogP contribution < -0.4 is 0 Å². The summed E-state index contributed by atoms with van der Waals surface area (Å²) in [7, 11) is 0. The molecule has 1 saturated carbocycles. The van der Waals surface area contributed by atoms with Crippen molar-refractivity contribution in [2.45, 2.75) is 32.3 Å². The van der Waals surface area contributed by atoms with E-state index in [2.05, 4.69) is 6.92 Å². The average Bonchev–Trinajstić information content (AvgIpc) is 2.17. The Labute approximate surface area is 55.2 Å². The summed E-state index contributed by atoms with van der Waals surface area (Å²) in [6.45, 7) is 2.75. The SMILES string of the molecule is CC1CCC(OC=O)C1. The molecule has 1 aliphatic rings. The second kappa shape index (κ2) is 2.85. The fourth-order valence-corrected chi connectivity index (χ4v) is 1.36. The van der Waals surface area contributed by atoms with Gasteiger partial charge in [-0.25, -0.2) is 0 Å². The quantitative estimate of drug-likeness (QED) is 0.525. The first kappa shape index (κ1) is 6.59. The van der Waals surface area contributed by atoms with Crippen LogP contribution in [0.5, 0.6) is 0 Å². The number of hydrogen-bond acceptors (Lipinski definition) is 2. The van der Waals surface area contributed by atoms with E-state index < -0.39 is 0 Å². The summed E-state index contributed by atoms with van der Waals surface area (Å²) in [5.41, 5.74) is 0. The van der Waals surface area contributed by atoms with E-state index in [0.29, 0.717) is 6.47 Å². The molecule has 0 aromatic rings. The molecule has 0 amide bonds. The molecule has 0 aromatic heterocycles. The van der Waals surface area contributed by atoms with Gasteiger partial charge in [0.05, 0.1) is 0 Å². The third-order valence-corrected chi connectivity index (χ3v) is 1.89. The van der Waals surface area contributed by atoms with Gasteiger partial charge >= 0.3 is 0 Å². The van der Waals surface area contributed by atoms with Gasteiger partial charge in [0, 0.05) is 0 Å². The lowest BCUT2D eigenvalue weighted by Crippen LogP contribution is -2.05. The summed E-state index contributed by atoms with van der Waals surface area (Å²) in [5.74, 6) is 0.745. The molecule has 0 saturated heterocycles. The Morgan fingerprint density at radius 1 is 1.56 bits per heavy atom. The third-order valence-electron chi connectivity index (χ3n) is 1.89. The summed E-state index contributed by atoms with van der Waals surface area (Å²) in [6, 6.07) is 0. The van der Waals surface area contributed by atoms with Gasteiger partial charge < -0.3 is 4.74 Å². The van der Waals surface area contributed by atoms with E-state index >= 15 is 0 Å². The molecular weight excluding hydrogens is 116 g/mol. The van der Waals surface area contributed by atoms with E-state index in [0.717, 1.165) is 18.8 Å². The van der Waals surface area contributed by atoms with E-state index in [9.17, 15) is 4.79 Å². The molecule has 1 fully saturated rings. The molecule has 2 heteroatoms. The van der Waals surface area contributed by atoms with E-state index in [1.165, 1.54) is 6.42 Å². The maximum absolute atomic E-state index is 9.85. The first-order valence-corrected chi connectivity index (χ1v) is 3.42. The highest BCUT2D eigenvalue weighted by Gasteiger charge is 2.21. The van der Waals surface area contributed by atoms with Gasteiger partial charge in [0.15, 0.2) is 0 Å². The normalized spacial score (nSPS) is 34.3. The van der Waals surface area contributed by atoms with E-state index in [1.54, 1.807) is 0 Å². The molecule has 0 N–H and O–H groups in total. The van der Waals surface area contributed by atoms with Gasteiger partial charge in [-0.15, -0.1) is 0 Å². The van der Waals surface area contributed by atoms with Crippen molar-refractivity contribution in [3.63, 3.8) is 0 Å². The minimum atomic E-state index is 0.220. The Kier molecular flexibility index (Phi) is 2.09. The van der Waals surface area contributed by atoms with Crippen LogP contribution >= 0.6 is 0 Å². The molecular formula is C7H12O2. The molecule has 1 rings (SSSR count). The van der Waals surface area contributed by atoms with E-state index in [4.69, 9.17) is 4.74 Å². The van der Waals surface area contributed by atoms with Crippen molar-refractivity contribution in [1.29, 1.82) is 0 Å². The fourth-order valence-electron chi connectivity index (χ4n) is 1.36. The van der Waals surface area contributed by atoms with Gasteiger partial charge in [-0.1, -0.05) is 6.92 Å². The number of carbonyl (C=O) groups is 1. The lowest BCUT2D eigenvalue weighted by molar-refractivity contribution is -0.133. The van der Waals surface area contributed by atoms with Crippen LogP contribution in [0.3, 0.4) is 0 Å². The average molecular weight is 128 g/mol. The van der Waals surface area contributed by atoms with Gasteiger partial charge in [0.1, 0.15) is 6.10 Å². The highest BCUT2D eigenvalue weighted by Crippen LogP contribution is 2.26. The molecule has 0 heterocycles. The van der Waals surface area contributed by atoms with Crippen LogP contribution in [0.1, 0.15) is 26.2 Å². The minimum Gasteiger partial charge on any atom is -0.465 e. The molecule has 9 heavy (non-hydrogen) atoms. The number of carbonyl (C=O) groups excluding carboxylic acids is 1. The Bertz CT molecular complexity index is 101. The van der Waals surface area contributed by atoms with Gasteiger partial charge in [0.2, 0.25) is 0 Å². The van der Waals surface area contributed by atoms with Crippen LogP contribution in [0.2, 0.25) is 0 Å². The zero-order valence-corrected chi connectivity index (χ0v) is 5.67. The lowest BCUT2D eigenvalue weighted by Gasteiger charge is -2.04. The minimum absolute atomic E-state index is 0.220. The summed E-state index contributed by atoms with van der Waals surface area (Å²) in [5, 5.41) is 0. The van der Waals surface area contributed by atoms with Crippen molar-refractivity contribution in [3.8, 4) is 0 Å². The van der Waals surface area contributed by atoms with E-state index in [1.807, 2.05) is 0 Å². The van der Waals surface area contributed by atoms with Gasteiger partial charge in [-0.05, 0) is 25.2 Å². The molecule has 52 valence electrons. The molecule has 0 spiro atoms. The third kappa shape index (κ3) is 1.70. The van der Waals surface area contributed by atoms with Crippen LogP contribution in [-0.2, 0) is 9.53 Å². The summed E-state index contributed by atoms with van der Waals surface area (Å²) in [6.07, 6.45) is 3.54. The van der Waals surface area contributed by atoms with Crippen LogP contribution in [0.4, 0.5) is 0 Å². The maximum Gasteiger partial charge on any atom is 0.293 e. The highest BCUT2D eigenvalue weighted by molar-refractivity contribution is 5.37. The Morgan fingerprint density at radius 3 is 2.78 bits per heavy atom. The van der Waals surface area contributed by atoms with Crippen LogP contribution in [-0.4, -0.2) is 12.6 Å². The Hall–Kier alpha value is -0.530. The molecule has 2 nitrogen and oxygen atoms in total. The number of rotatable bonds is 2.